The number of carbonyl (C=O) groups is 2. The summed E-state index contributed by atoms with van der Waals surface area (Å²) in [6.45, 7) is 5.62. The van der Waals surface area contributed by atoms with E-state index in [1.807, 2.05) is 30.3 Å². The first kappa shape index (κ1) is 55.3. The predicted octanol–water partition coefficient (Wildman–Crippen LogP) is 9.79. The number of halogens is 6. The van der Waals surface area contributed by atoms with Crippen molar-refractivity contribution in [2.45, 2.75) is 13.1 Å². The van der Waals surface area contributed by atoms with Crippen LogP contribution in [0.2, 0.25) is 5.02 Å². The molecule has 2 saturated heterocycles. The molecule has 412 valence electrons. The first-order chi connectivity index (χ1) is 38.6. The monoisotopic (exact) mass is 1120 g/mol. The number of carbonyl (C=O) groups excluding carboxylic acids is 2. The number of nitrogens with one attached hydrogen (secondary N) is 7. The van der Waals surface area contributed by atoms with Crippen LogP contribution in [0.3, 0.4) is 0 Å². The van der Waals surface area contributed by atoms with E-state index in [0.717, 1.165) is 47.2 Å². The third-order valence-electron chi connectivity index (χ3n) is 11.9. The number of aromatic nitrogens is 6. The molecule has 4 aromatic heterocycles. The average Bonchev–Trinajstić information content (AvgIpc) is 3.45. The number of ether oxygens (including phenoxy) is 2. The zero-order valence-corrected chi connectivity index (χ0v) is 43.0. The molecule has 0 radical (unpaired) electrons. The van der Waals surface area contributed by atoms with Crippen LogP contribution in [0.1, 0.15) is 32.1 Å². The maximum absolute atomic E-state index is 14.2. The molecule has 0 atom stereocenters. The second-order valence-corrected chi connectivity index (χ2v) is 18.2. The zero-order valence-electron chi connectivity index (χ0n) is 42.3. The van der Waals surface area contributed by atoms with Crippen molar-refractivity contribution in [2.24, 2.45) is 0 Å². The topological polar surface area (TPSA) is 241 Å². The van der Waals surface area contributed by atoms with E-state index in [1.165, 1.54) is 24.5 Å². The highest BCUT2D eigenvalue weighted by Gasteiger charge is 2.31. The van der Waals surface area contributed by atoms with E-state index in [-0.39, 0.29) is 46.4 Å². The summed E-state index contributed by atoms with van der Waals surface area (Å²) in [5.74, 6) is -1.86. The summed E-state index contributed by atoms with van der Waals surface area (Å²) in [6.07, 6.45) is 0.319. The number of morpholine rings is 2. The minimum absolute atomic E-state index is 0.00250. The number of benzene rings is 4. The lowest BCUT2D eigenvalue weighted by Gasteiger charge is -2.28. The number of pyridine rings is 2. The number of hydrazine groups is 2. The van der Waals surface area contributed by atoms with Crippen LogP contribution in [-0.2, 0) is 15.7 Å². The number of phenolic OH excluding ortho intramolecular Hbond substituents is 1. The fourth-order valence-corrected chi connectivity index (χ4v) is 8.37. The minimum atomic E-state index is -4.58. The van der Waals surface area contributed by atoms with Gasteiger partial charge < -0.3 is 40.3 Å². The summed E-state index contributed by atoms with van der Waals surface area (Å²) in [6, 6.07) is 29.3. The van der Waals surface area contributed by atoms with Gasteiger partial charge in [-0.1, -0.05) is 29.8 Å². The molecule has 8 aromatic rings. The highest BCUT2D eigenvalue weighted by molar-refractivity contribution is 6.31. The van der Waals surface area contributed by atoms with Gasteiger partial charge in [0.2, 0.25) is 11.9 Å². The Balaban J connectivity index is 0.000000195. The van der Waals surface area contributed by atoms with E-state index in [1.54, 1.807) is 71.3 Å². The van der Waals surface area contributed by atoms with Gasteiger partial charge in [0.05, 0.1) is 68.2 Å². The Kier molecular flexibility index (Phi) is 17.5. The van der Waals surface area contributed by atoms with Gasteiger partial charge in [-0.25, -0.2) is 28.7 Å². The molecule has 0 spiro atoms. The van der Waals surface area contributed by atoms with E-state index < -0.39 is 35.2 Å². The van der Waals surface area contributed by atoms with Gasteiger partial charge in [0.15, 0.2) is 23.3 Å². The molecular weight excluding hydrogens is 1070 g/mol. The van der Waals surface area contributed by atoms with Crippen LogP contribution in [0.5, 0.6) is 5.75 Å². The van der Waals surface area contributed by atoms with Gasteiger partial charge >= 0.3 is 6.18 Å². The van der Waals surface area contributed by atoms with Gasteiger partial charge in [-0.3, -0.25) is 31.3 Å². The van der Waals surface area contributed by atoms with E-state index in [0.29, 0.717) is 80.1 Å². The first-order valence-corrected chi connectivity index (χ1v) is 24.9. The van der Waals surface area contributed by atoms with Crippen LogP contribution in [0.15, 0.2) is 134 Å². The lowest BCUT2D eigenvalue weighted by atomic mass is 10.00. The highest BCUT2D eigenvalue weighted by Crippen LogP contribution is 2.37. The average molecular weight is 1120 g/mol. The molecule has 2 amide bonds. The molecule has 26 heteroatoms. The van der Waals surface area contributed by atoms with Crippen molar-refractivity contribution in [1.82, 2.24) is 40.8 Å². The Labute approximate surface area is 458 Å². The fourth-order valence-electron chi connectivity index (χ4n) is 8.08. The minimum Gasteiger partial charge on any atom is -0.508 e. The van der Waals surface area contributed by atoms with Gasteiger partial charge in [-0.15, -0.1) is 0 Å². The van der Waals surface area contributed by atoms with Crippen molar-refractivity contribution in [2.75, 3.05) is 89.2 Å². The number of hydrogen-bond acceptors (Lipinski definition) is 18. The lowest BCUT2D eigenvalue weighted by Crippen LogP contribution is -2.38. The molecular formula is C54H49ClF5N15O5. The van der Waals surface area contributed by atoms with E-state index in [2.05, 4.69) is 67.6 Å². The summed E-state index contributed by atoms with van der Waals surface area (Å²) in [7, 11) is 0. The number of anilines is 10. The Morgan fingerprint density at radius 2 is 1.05 bits per heavy atom. The highest BCUT2D eigenvalue weighted by atomic mass is 35.5. The van der Waals surface area contributed by atoms with Gasteiger partial charge in [0.1, 0.15) is 17.1 Å². The van der Waals surface area contributed by atoms with Crippen LogP contribution in [-0.4, -0.2) is 99.4 Å². The van der Waals surface area contributed by atoms with Crippen LogP contribution >= 0.6 is 11.6 Å². The molecule has 80 heavy (non-hydrogen) atoms. The van der Waals surface area contributed by atoms with Crippen molar-refractivity contribution in [3.8, 4) is 16.9 Å². The van der Waals surface area contributed by atoms with E-state index in [9.17, 15) is 36.6 Å². The number of alkyl halides is 3. The number of amides is 2. The quantitative estimate of drug-likeness (QED) is 0.0352. The molecule has 4 aromatic carbocycles. The Morgan fingerprint density at radius 1 is 0.562 bits per heavy atom. The maximum atomic E-state index is 14.2. The molecule has 20 nitrogen and oxygen atoms in total. The maximum Gasteiger partial charge on any atom is 0.416 e. The van der Waals surface area contributed by atoms with Gasteiger partial charge in [-0.05, 0) is 109 Å². The summed E-state index contributed by atoms with van der Waals surface area (Å²) < 4.78 is 80.0. The Morgan fingerprint density at radius 3 is 1.54 bits per heavy atom. The normalized spacial score (nSPS) is 13.3. The summed E-state index contributed by atoms with van der Waals surface area (Å²) in [5.41, 5.74) is 14.6. The Hall–Kier alpha value is -9.46. The molecule has 2 aliphatic heterocycles. The molecule has 0 unspecified atom stereocenters. The smallest absolute Gasteiger partial charge is 0.416 e. The van der Waals surface area contributed by atoms with Crippen LogP contribution in [0.25, 0.3) is 11.1 Å². The molecule has 0 aliphatic carbocycles. The number of nitrogens with zero attached hydrogens (tertiary/aromatic N) is 8. The SMILES string of the molecule is Cc1cc(Cl)cc(-c2cc(Nc3ccc(C(=O)NNc4ncc(F)c(N5CCOCC5)n4)nc3)cc(C(F)(F)F)c2)c1.O=C(NNc1ncc(F)c(N2CCOCC2)n1)c1ccc(Nc2cccc(Nc3cccc(O)c3)c2)cn1. The van der Waals surface area contributed by atoms with Gasteiger partial charge in [-0.2, -0.15) is 23.1 Å². The molecule has 8 N–H and O–H groups in total. The molecule has 6 heterocycles. The summed E-state index contributed by atoms with van der Waals surface area (Å²) in [4.78, 5) is 52.9. The molecule has 2 fully saturated rings. The summed E-state index contributed by atoms with van der Waals surface area (Å²) in [5, 5.41) is 19.4. The number of aryl methyl sites for hydroxylation is 1. The standard InChI is InChI=1S/C28H24ClF4N7O2.C26H25FN8O3/c1-16-8-17(11-20(29)9-16)18-10-19(28(31,32)33)13-22(12-18)36-21-2-3-24(34-14-21)26(41)38-39-27-35-15-23(30)25(37-27)40-4-6-42-7-5-40;27-22-16-29-26(32-24(22)35-9-11-38-12-10-35)34-33-25(37)23-8-7-20(15-28-23)31-18-4-1-3-17(13-18)30-19-5-2-6-21(36)14-19/h2-3,8-15,36H,4-7H2,1H3,(H,38,41)(H,35,37,39);1-8,13-16,30-31,36H,9-12H2,(H,33,37)(H,29,32,34). The van der Waals surface area contributed by atoms with Crippen molar-refractivity contribution in [1.29, 1.82) is 0 Å². The lowest BCUT2D eigenvalue weighted by molar-refractivity contribution is -0.137. The van der Waals surface area contributed by atoms with Crippen LogP contribution < -0.4 is 47.5 Å². The van der Waals surface area contributed by atoms with E-state index in [4.69, 9.17) is 21.1 Å². The van der Waals surface area contributed by atoms with Crippen molar-refractivity contribution < 1.29 is 46.1 Å². The zero-order chi connectivity index (χ0) is 56.2. The molecule has 2 aliphatic rings. The molecule has 0 bridgehead atoms. The first-order valence-electron chi connectivity index (χ1n) is 24.5. The third kappa shape index (κ3) is 15.0. The van der Waals surface area contributed by atoms with E-state index >= 15 is 0 Å². The fraction of sp³-hybridized carbons (Fsp3) is 0.185. The predicted molar refractivity (Wildman–Crippen MR) is 292 cm³/mol. The van der Waals surface area contributed by atoms with Crippen LogP contribution in [0, 0.1) is 18.6 Å². The van der Waals surface area contributed by atoms with Crippen LogP contribution in [0.4, 0.5) is 79.6 Å². The second-order valence-electron chi connectivity index (χ2n) is 17.8. The second kappa shape index (κ2) is 25.3. The number of phenols is 1. The molecule has 10 rings (SSSR count). The number of aromatic hydroxyl groups is 1. The number of hydrogen-bond donors (Lipinski definition) is 8. The van der Waals surface area contributed by atoms with Gasteiger partial charge in [0.25, 0.3) is 11.8 Å². The molecule has 0 saturated carbocycles. The van der Waals surface area contributed by atoms with Crippen molar-refractivity contribution in [3.63, 3.8) is 0 Å². The Bertz CT molecular complexity index is 3450. The largest absolute Gasteiger partial charge is 0.508 e. The summed E-state index contributed by atoms with van der Waals surface area (Å²) >= 11 is 6.13. The van der Waals surface area contributed by atoms with Crippen molar-refractivity contribution in [3.05, 3.63) is 173 Å². The van der Waals surface area contributed by atoms with Crippen molar-refractivity contribution >= 4 is 81.1 Å². The third-order valence-corrected chi connectivity index (χ3v) is 12.1. The van der Waals surface area contributed by atoms with Gasteiger partial charge in [0, 0.05) is 60.0 Å². The number of rotatable bonds is 15.